The predicted molar refractivity (Wildman–Crippen MR) is 111 cm³/mol. The number of hydrogen-bond acceptors (Lipinski definition) is 6. The Morgan fingerprint density at radius 1 is 0.893 bits per heavy atom. The summed E-state index contributed by atoms with van der Waals surface area (Å²) >= 11 is 0.0531. The van der Waals surface area contributed by atoms with E-state index in [-0.39, 0.29) is 41.9 Å². The number of nitrogens with one attached hydrogen (secondary N) is 1. The number of benzene rings is 3. The Hall–Kier alpha value is -1.25. The van der Waals surface area contributed by atoms with Crippen LogP contribution in [-0.4, -0.2) is 35.6 Å². The molecule has 1 aliphatic heterocycles. The van der Waals surface area contributed by atoms with E-state index in [9.17, 15) is 4.55 Å². The molecule has 7 heteroatoms. The zero-order valence-corrected chi connectivity index (χ0v) is 18.8. The van der Waals surface area contributed by atoms with Crippen LogP contribution in [0.1, 0.15) is 5.56 Å². The summed E-state index contributed by atoms with van der Waals surface area (Å²) in [6, 6.07) is 23.1. The number of nitrogens with zero attached hydrogens (tertiary/aromatic N) is 2. The van der Waals surface area contributed by atoms with E-state index < -0.39 is 0 Å². The average molecular weight is 403 g/mol. The van der Waals surface area contributed by atoms with Crippen molar-refractivity contribution in [3.63, 3.8) is 0 Å². The average Bonchev–Trinajstić information content (AvgIpc) is 2.73. The topological polar surface area (TPSA) is 50.8 Å². The minimum atomic E-state index is 0. The number of hydrogen-bond donors (Lipinski definition) is 1. The van der Waals surface area contributed by atoms with Crippen LogP contribution in [0.5, 0.6) is 0 Å². The molecule has 1 saturated heterocycles. The van der Waals surface area contributed by atoms with Crippen molar-refractivity contribution in [1.82, 2.24) is 4.90 Å². The van der Waals surface area contributed by atoms with Crippen molar-refractivity contribution in [3.8, 4) is 0 Å². The third kappa shape index (κ3) is 5.21. The first kappa shape index (κ1) is 21.5. The van der Waals surface area contributed by atoms with Gasteiger partial charge >= 0.3 is 29.6 Å². The second-order valence-electron chi connectivity index (χ2n) is 6.70. The van der Waals surface area contributed by atoms with Crippen LogP contribution in [0, 0.1) is 0 Å². The van der Waals surface area contributed by atoms with E-state index in [1.54, 1.807) is 0 Å². The third-order valence-corrected chi connectivity index (χ3v) is 5.22. The molecule has 3 aromatic rings. The fraction of sp³-hybridized carbons (Fsp3) is 0.238. The molecular weight excluding hydrogens is 381 g/mol. The Balaban J connectivity index is 0.00000225. The smallest absolute Gasteiger partial charge is 0.774 e. The largest absolute Gasteiger partial charge is 1.00 e. The van der Waals surface area contributed by atoms with E-state index in [0.717, 1.165) is 38.4 Å². The molecule has 0 unspecified atom stereocenters. The maximum atomic E-state index is 10.3. The second-order valence-corrected chi connectivity index (χ2v) is 7.00. The van der Waals surface area contributed by atoms with Gasteiger partial charge in [-0.1, -0.05) is 54.8 Å². The molecule has 0 spiro atoms. The minimum absolute atomic E-state index is 0. The van der Waals surface area contributed by atoms with Crippen molar-refractivity contribution >= 4 is 34.5 Å². The molecule has 1 N–H and O–H groups in total. The Morgan fingerprint density at radius 3 is 2.36 bits per heavy atom. The van der Waals surface area contributed by atoms with Crippen molar-refractivity contribution in [1.29, 1.82) is 0 Å². The first-order valence-electron chi connectivity index (χ1n) is 9.09. The van der Waals surface area contributed by atoms with Crippen LogP contribution in [0.4, 0.5) is 11.4 Å². The van der Waals surface area contributed by atoms with Gasteiger partial charge in [-0.3, -0.25) is 10.4 Å². The predicted octanol–water partition coefficient (Wildman–Crippen LogP) is 1.29. The molecule has 0 bridgehead atoms. The van der Waals surface area contributed by atoms with Crippen molar-refractivity contribution < 1.29 is 38.4 Å². The maximum Gasteiger partial charge on any atom is 1.00 e. The van der Waals surface area contributed by atoms with Crippen LogP contribution in [0.25, 0.3) is 10.8 Å². The van der Waals surface area contributed by atoms with Gasteiger partial charge in [0, 0.05) is 38.4 Å². The van der Waals surface area contributed by atoms with Gasteiger partial charge < -0.3 is 9.45 Å². The Kier molecular flexibility index (Phi) is 8.05. The third-order valence-electron chi connectivity index (χ3n) is 5.07. The number of rotatable bonds is 6. The second kappa shape index (κ2) is 10.5. The van der Waals surface area contributed by atoms with Crippen LogP contribution >= 0.6 is 12.3 Å². The summed E-state index contributed by atoms with van der Waals surface area (Å²) in [7, 11) is 0. The summed E-state index contributed by atoms with van der Waals surface area (Å²) in [6.07, 6.45) is 0. The maximum absolute atomic E-state index is 10.3. The molecule has 1 heterocycles. The summed E-state index contributed by atoms with van der Waals surface area (Å²) < 4.78 is 14.9. The molecule has 1 aliphatic rings. The first-order chi connectivity index (χ1) is 13.3. The molecule has 28 heavy (non-hydrogen) atoms. The normalized spacial score (nSPS) is 14.7. The first-order valence-corrected chi connectivity index (χ1v) is 9.76. The SMILES string of the molecule is [Na+].[O-]SONc1ccc(N2CCN(Cc3cccc4ccccc34)CC2)cc1. The van der Waals surface area contributed by atoms with E-state index in [1.807, 2.05) is 12.1 Å². The van der Waals surface area contributed by atoms with E-state index in [2.05, 4.69) is 74.2 Å². The summed E-state index contributed by atoms with van der Waals surface area (Å²) in [6.45, 7) is 5.08. The van der Waals surface area contributed by atoms with E-state index in [1.165, 1.54) is 22.0 Å². The van der Waals surface area contributed by atoms with Crippen LogP contribution in [0.3, 0.4) is 0 Å². The van der Waals surface area contributed by atoms with Gasteiger partial charge in [0.25, 0.3) is 0 Å². The summed E-state index contributed by atoms with van der Waals surface area (Å²) in [5.74, 6) is 0. The van der Waals surface area contributed by atoms with Gasteiger partial charge in [-0.25, -0.2) is 4.28 Å². The molecule has 4 rings (SSSR count). The van der Waals surface area contributed by atoms with E-state index >= 15 is 0 Å². The Labute approximate surface area is 192 Å². The molecule has 0 aromatic heterocycles. The molecular formula is C21H22N3NaO2S. The zero-order chi connectivity index (χ0) is 18.5. The van der Waals surface area contributed by atoms with Gasteiger partial charge in [-0.2, -0.15) is 0 Å². The summed E-state index contributed by atoms with van der Waals surface area (Å²) in [5.41, 5.74) is 5.96. The number of piperazine rings is 1. The van der Waals surface area contributed by atoms with Crippen LogP contribution in [0.2, 0.25) is 0 Å². The zero-order valence-electron chi connectivity index (χ0n) is 16.0. The van der Waals surface area contributed by atoms with Crippen molar-refractivity contribution in [3.05, 3.63) is 72.3 Å². The molecule has 140 valence electrons. The Bertz CT molecular complexity index is 881. The molecule has 0 amide bonds. The Morgan fingerprint density at radius 2 is 1.61 bits per heavy atom. The molecule has 1 fully saturated rings. The number of fused-ring (bicyclic) bond motifs is 1. The van der Waals surface area contributed by atoms with E-state index in [4.69, 9.17) is 0 Å². The quantitative estimate of drug-likeness (QED) is 0.380. The van der Waals surface area contributed by atoms with Gasteiger partial charge in [0.1, 0.15) is 0 Å². The fourth-order valence-electron chi connectivity index (χ4n) is 3.64. The van der Waals surface area contributed by atoms with Gasteiger partial charge in [-0.05, 0) is 40.6 Å². The van der Waals surface area contributed by atoms with Crippen LogP contribution in [0.15, 0.2) is 66.7 Å². The standard InChI is InChI=1S/C21H23N3O2S.Na/c25-27-26-22-19-8-10-20(11-9-19)24-14-12-23(13-15-24)16-18-6-3-5-17-4-1-2-7-21(17)18;/h1-11,22,25H,12-16H2;/q;+1/p-1. The molecule has 0 radical (unpaired) electrons. The van der Waals surface area contributed by atoms with Crippen LogP contribution in [-0.2, 0) is 10.8 Å². The summed E-state index contributed by atoms with van der Waals surface area (Å²) in [5, 5.41) is 2.66. The van der Waals surface area contributed by atoms with Gasteiger partial charge in [0.05, 0.1) is 5.69 Å². The van der Waals surface area contributed by atoms with Gasteiger partial charge in [0.15, 0.2) is 0 Å². The van der Waals surface area contributed by atoms with Crippen LogP contribution < -0.4 is 39.9 Å². The van der Waals surface area contributed by atoms with Crippen molar-refractivity contribution in [2.45, 2.75) is 6.54 Å². The minimum Gasteiger partial charge on any atom is -0.774 e. The molecule has 0 aliphatic carbocycles. The number of anilines is 2. The molecule has 5 nitrogen and oxygen atoms in total. The molecule has 3 aromatic carbocycles. The van der Waals surface area contributed by atoms with Crippen molar-refractivity contribution in [2.24, 2.45) is 0 Å². The van der Waals surface area contributed by atoms with E-state index in [0.29, 0.717) is 0 Å². The monoisotopic (exact) mass is 403 g/mol. The molecule has 0 atom stereocenters. The fourth-order valence-corrected chi connectivity index (χ4v) is 3.77. The summed E-state index contributed by atoms with van der Waals surface area (Å²) in [4.78, 5) is 4.92. The van der Waals surface area contributed by atoms with Crippen molar-refractivity contribution in [2.75, 3.05) is 36.6 Å². The van der Waals surface area contributed by atoms with Gasteiger partial charge in [0.2, 0.25) is 0 Å². The van der Waals surface area contributed by atoms with Gasteiger partial charge in [-0.15, -0.1) is 0 Å². The molecule has 0 saturated carbocycles.